The van der Waals surface area contributed by atoms with Crippen LogP contribution in [-0.4, -0.2) is 24.7 Å². The molecular formula is C13H21NOS. The van der Waals surface area contributed by atoms with Crippen molar-refractivity contribution < 1.29 is 4.74 Å². The number of nitrogens with two attached hydrogens (primary N) is 1. The summed E-state index contributed by atoms with van der Waals surface area (Å²) in [6.45, 7) is 7.84. The van der Waals surface area contributed by atoms with Gasteiger partial charge in [0.2, 0.25) is 0 Å². The Kier molecular flexibility index (Phi) is 5.71. The van der Waals surface area contributed by atoms with E-state index >= 15 is 0 Å². The van der Waals surface area contributed by atoms with Gasteiger partial charge in [0.1, 0.15) is 5.75 Å². The van der Waals surface area contributed by atoms with Crippen LogP contribution < -0.4 is 10.5 Å². The molecule has 0 heterocycles. The van der Waals surface area contributed by atoms with Gasteiger partial charge in [-0.25, -0.2) is 0 Å². The molecule has 0 aliphatic carbocycles. The molecule has 0 spiro atoms. The lowest BCUT2D eigenvalue weighted by molar-refractivity contribution is 0.341. The van der Waals surface area contributed by atoms with Gasteiger partial charge in [0.05, 0.1) is 6.61 Å². The molecule has 0 saturated heterocycles. The van der Waals surface area contributed by atoms with Crippen LogP contribution in [0.1, 0.15) is 16.7 Å². The van der Waals surface area contributed by atoms with E-state index in [1.54, 1.807) is 0 Å². The molecule has 2 nitrogen and oxygen atoms in total. The van der Waals surface area contributed by atoms with E-state index in [0.717, 1.165) is 30.4 Å². The average Bonchev–Trinajstić information content (AvgIpc) is 2.25. The lowest BCUT2D eigenvalue weighted by Gasteiger charge is -2.11. The smallest absolute Gasteiger partial charge is 0.122 e. The first-order valence-corrected chi connectivity index (χ1v) is 6.79. The largest absolute Gasteiger partial charge is 0.492 e. The Morgan fingerprint density at radius 3 is 2.44 bits per heavy atom. The van der Waals surface area contributed by atoms with E-state index < -0.39 is 0 Å². The monoisotopic (exact) mass is 239 g/mol. The second kappa shape index (κ2) is 6.81. The van der Waals surface area contributed by atoms with Crippen molar-refractivity contribution in [2.75, 3.05) is 24.7 Å². The first kappa shape index (κ1) is 13.4. The van der Waals surface area contributed by atoms with Crippen molar-refractivity contribution in [3.05, 3.63) is 28.8 Å². The minimum absolute atomic E-state index is 0.743. The van der Waals surface area contributed by atoms with Crippen molar-refractivity contribution in [3.63, 3.8) is 0 Å². The molecule has 0 aromatic heterocycles. The van der Waals surface area contributed by atoms with E-state index in [1.807, 2.05) is 11.8 Å². The second-order valence-electron chi connectivity index (χ2n) is 3.95. The van der Waals surface area contributed by atoms with Gasteiger partial charge in [-0.1, -0.05) is 6.07 Å². The molecule has 16 heavy (non-hydrogen) atoms. The van der Waals surface area contributed by atoms with Crippen LogP contribution in [0, 0.1) is 20.8 Å². The van der Waals surface area contributed by atoms with Gasteiger partial charge in [-0.3, -0.25) is 0 Å². The third-order valence-electron chi connectivity index (χ3n) is 2.54. The molecule has 0 atom stereocenters. The summed E-state index contributed by atoms with van der Waals surface area (Å²) in [5.74, 6) is 3.02. The Bertz CT molecular complexity index is 339. The molecule has 0 radical (unpaired) electrons. The molecule has 0 saturated carbocycles. The lowest BCUT2D eigenvalue weighted by atomic mass is 10.1. The van der Waals surface area contributed by atoms with E-state index in [1.165, 1.54) is 16.7 Å². The summed E-state index contributed by atoms with van der Waals surface area (Å²) in [6.07, 6.45) is 0. The van der Waals surface area contributed by atoms with Crippen LogP contribution >= 0.6 is 11.8 Å². The maximum Gasteiger partial charge on any atom is 0.122 e. The summed E-state index contributed by atoms with van der Waals surface area (Å²) < 4.78 is 5.76. The number of ether oxygens (including phenoxy) is 1. The van der Waals surface area contributed by atoms with Crippen LogP contribution in [0.2, 0.25) is 0 Å². The van der Waals surface area contributed by atoms with Crippen molar-refractivity contribution in [2.45, 2.75) is 20.8 Å². The molecule has 1 aromatic rings. The fourth-order valence-corrected chi connectivity index (χ4v) is 2.06. The molecule has 3 heteroatoms. The third-order valence-corrected chi connectivity index (χ3v) is 3.52. The Hall–Kier alpha value is -0.670. The van der Waals surface area contributed by atoms with E-state index in [9.17, 15) is 0 Å². The first-order valence-electron chi connectivity index (χ1n) is 5.63. The lowest BCUT2D eigenvalue weighted by Crippen LogP contribution is -2.06. The zero-order valence-corrected chi connectivity index (χ0v) is 11.2. The highest BCUT2D eigenvalue weighted by Crippen LogP contribution is 2.22. The van der Waals surface area contributed by atoms with E-state index in [4.69, 9.17) is 10.5 Å². The molecule has 0 amide bonds. The van der Waals surface area contributed by atoms with Gasteiger partial charge in [0.25, 0.3) is 0 Å². The van der Waals surface area contributed by atoms with Crippen molar-refractivity contribution in [1.29, 1.82) is 0 Å². The Labute approximate surface area is 103 Å². The van der Waals surface area contributed by atoms with Gasteiger partial charge in [-0.2, -0.15) is 11.8 Å². The second-order valence-corrected chi connectivity index (χ2v) is 5.18. The highest BCUT2D eigenvalue weighted by Gasteiger charge is 2.02. The van der Waals surface area contributed by atoms with Crippen molar-refractivity contribution in [1.82, 2.24) is 0 Å². The maximum absolute atomic E-state index is 5.76. The molecule has 0 unspecified atom stereocenters. The van der Waals surface area contributed by atoms with Crippen LogP contribution in [0.5, 0.6) is 5.75 Å². The van der Waals surface area contributed by atoms with Gasteiger partial charge in [-0.15, -0.1) is 0 Å². The number of thioether (sulfide) groups is 1. The fourth-order valence-electron chi connectivity index (χ4n) is 1.49. The van der Waals surface area contributed by atoms with E-state index in [2.05, 4.69) is 32.9 Å². The minimum Gasteiger partial charge on any atom is -0.492 e. The molecule has 1 rings (SSSR count). The van der Waals surface area contributed by atoms with Crippen LogP contribution in [0.4, 0.5) is 0 Å². The van der Waals surface area contributed by atoms with Crippen LogP contribution in [0.15, 0.2) is 12.1 Å². The van der Waals surface area contributed by atoms with Crippen LogP contribution in [0.25, 0.3) is 0 Å². The highest BCUT2D eigenvalue weighted by molar-refractivity contribution is 7.99. The molecule has 90 valence electrons. The van der Waals surface area contributed by atoms with Crippen LogP contribution in [0.3, 0.4) is 0 Å². The molecule has 0 fully saturated rings. The molecule has 0 bridgehead atoms. The normalized spacial score (nSPS) is 10.5. The van der Waals surface area contributed by atoms with Crippen LogP contribution in [-0.2, 0) is 0 Å². The summed E-state index contributed by atoms with van der Waals surface area (Å²) in [5, 5.41) is 0. The number of hydrogen-bond acceptors (Lipinski definition) is 3. The van der Waals surface area contributed by atoms with Gasteiger partial charge in [-0.05, 0) is 43.5 Å². The summed E-state index contributed by atoms with van der Waals surface area (Å²) in [6, 6.07) is 4.30. The van der Waals surface area contributed by atoms with Crippen molar-refractivity contribution in [2.24, 2.45) is 5.73 Å². The third kappa shape index (κ3) is 4.06. The van der Waals surface area contributed by atoms with Gasteiger partial charge in [0, 0.05) is 18.1 Å². The zero-order chi connectivity index (χ0) is 12.0. The van der Waals surface area contributed by atoms with Gasteiger partial charge in [0.15, 0.2) is 0 Å². The Morgan fingerprint density at radius 1 is 1.06 bits per heavy atom. The highest BCUT2D eigenvalue weighted by atomic mass is 32.2. The molecule has 0 aliphatic rings. The standard InChI is InChI=1S/C13H21NOS/c1-10-8-12(3)13(9-11(10)2)15-5-7-16-6-4-14/h8-9H,4-7,14H2,1-3H3. The van der Waals surface area contributed by atoms with Crippen molar-refractivity contribution >= 4 is 11.8 Å². The summed E-state index contributed by atoms with van der Waals surface area (Å²) >= 11 is 1.84. The molecule has 0 aliphatic heterocycles. The molecular weight excluding hydrogens is 218 g/mol. The topological polar surface area (TPSA) is 35.2 Å². The number of rotatable bonds is 6. The van der Waals surface area contributed by atoms with Crippen molar-refractivity contribution in [3.8, 4) is 5.75 Å². The first-order chi connectivity index (χ1) is 7.65. The SMILES string of the molecule is Cc1cc(C)c(OCCSCCN)cc1C. The summed E-state index contributed by atoms with van der Waals surface area (Å²) in [7, 11) is 0. The van der Waals surface area contributed by atoms with E-state index in [-0.39, 0.29) is 0 Å². The Morgan fingerprint density at radius 2 is 1.75 bits per heavy atom. The van der Waals surface area contributed by atoms with Gasteiger partial charge >= 0.3 is 0 Å². The zero-order valence-electron chi connectivity index (χ0n) is 10.4. The fraction of sp³-hybridized carbons (Fsp3) is 0.538. The summed E-state index contributed by atoms with van der Waals surface area (Å²) in [5.41, 5.74) is 9.24. The number of benzene rings is 1. The Balaban J connectivity index is 2.45. The average molecular weight is 239 g/mol. The minimum atomic E-state index is 0.743. The molecule has 2 N–H and O–H groups in total. The number of hydrogen-bond donors (Lipinski definition) is 1. The summed E-state index contributed by atoms with van der Waals surface area (Å²) in [4.78, 5) is 0. The predicted octanol–water partition coefficient (Wildman–Crippen LogP) is 2.68. The molecule has 1 aromatic carbocycles. The van der Waals surface area contributed by atoms with Gasteiger partial charge < -0.3 is 10.5 Å². The predicted molar refractivity (Wildman–Crippen MR) is 72.5 cm³/mol. The maximum atomic E-state index is 5.76. The number of aryl methyl sites for hydroxylation is 3. The quantitative estimate of drug-likeness (QED) is 0.775. The van der Waals surface area contributed by atoms with E-state index in [0.29, 0.717) is 0 Å².